The lowest BCUT2D eigenvalue weighted by atomic mass is 9.87. The van der Waals surface area contributed by atoms with Crippen molar-refractivity contribution < 1.29 is 14.5 Å². The van der Waals surface area contributed by atoms with E-state index in [0.717, 1.165) is 11.4 Å². The molecule has 1 unspecified atom stereocenters. The van der Waals surface area contributed by atoms with Gasteiger partial charge in [-0.2, -0.15) is 0 Å². The molecule has 4 N–H and O–H groups in total. The molecule has 0 saturated heterocycles. The SMILES string of the molecule is C[C@@H](C(=O)Nc1ccc(C(N)=O)cc1)[NH+](C)Cc1ccc(C(C)(C)C)cc1. The summed E-state index contributed by atoms with van der Waals surface area (Å²) in [5, 5.41) is 2.89. The summed E-state index contributed by atoms with van der Waals surface area (Å²) in [5.41, 5.74) is 8.93. The Balaban J connectivity index is 1.96. The fourth-order valence-electron chi connectivity index (χ4n) is 2.79. The van der Waals surface area contributed by atoms with E-state index in [2.05, 4.69) is 50.4 Å². The molecule has 2 amide bonds. The average molecular weight is 369 g/mol. The van der Waals surface area contributed by atoms with Gasteiger partial charge in [0.05, 0.1) is 7.05 Å². The Bertz CT molecular complexity index is 790. The highest BCUT2D eigenvalue weighted by Crippen LogP contribution is 2.22. The Morgan fingerprint density at radius 3 is 2.07 bits per heavy atom. The summed E-state index contributed by atoms with van der Waals surface area (Å²) in [6.07, 6.45) is 0. The van der Waals surface area contributed by atoms with E-state index >= 15 is 0 Å². The number of anilines is 1. The molecule has 144 valence electrons. The molecule has 0 bridgehead atoms. The number of primary amides is 1. The number of nitrogens with one attached hydrogen (secondary N) is 2. The summed E-state index contributed by atoms with van der Waals surface area (Å²) in [6.45, 7) is 9.26. The molecule has 5 heteroatoms. The summed E-state index contributed by atoms with van der Waals surface area (Å²) in [4.78, 5) is 24.7. The normalized spacial score (nSPS) is 13.7. The monoisotopic (exact) mass is 368 g/mol. The van der Waals surface area contributed by atoms with E-state index in [1.54, 1.807) is 24.3 Å². The van der Waals surface area contributed by atoms with Gasteiger partial charge >= 0.3 is 0 Å². The largest absolute Gasteiger partial charge is 0.366 e. The summed E-state index contributed by atoms with van der Waals surface area (Å²) in [6, 6.07) is 15.0. The number of amides is 2. The second-order valence-corrected chi connectivity index (χ2v) is 8.12. The Hall–Kier alpha value is -2.66. The van der Waals surface area contributed by atoms with Gasteiger partial charge in [0.15, 0.2) is 6.04 Å². The van der Waals surface area contributed by atoms with Crippen LogP contribution < -0.4 is 16.0 Å². The van der Waals surface area contributed by atoms with E-state index in [1.807, 2.05) is 14.0 Å². The third kappa shape index (κ3) is 5.66. The highest BCUT2D eigenvalue weighted by molar-refractivity contribution is 5.95. The van der Waals surface area contributed by atoms with Gasteiger partial charge in [-0.25, -0.2) is 0 Å². The molecule has 2 aromatic rings. The zero-order valence-electron chi connectivity index (χ0n) is 16.8. The van der Waals surface area contributed by atoms with Crippen molar-refractivity contribution in [2.45, 2.75) is 45.7 Å². The number of hydrogen-bond donors (Lipinski definition) is 3. The number of carbonyl (C=O) groups excluding carboxylic acids is 2. The van der Waals surface area contributed by atoms with Gasteiger partial charge < -0.3 is 16.0 Å². The summed E-state index contributed by atoms with van der Waals surface area (Å²) < 4.78 is 0. The van der Waals surface area contributed by atoms with Crippen molar-refractivity contribution >= 4 is 17.5 Å². The van der Waals surface area contributed by atoms with Crippen molar-refractivity contribution in [2.24, 2.45) is 5.73 Å². The van der Waals surface area contributed by atoms with Crippen molar-refractivity contribution in [1.29, 1.82) is 0 Å². The Labute approximate surface area is 161 Å². The number of likely N-dealkylation sites (N-methyl/N-ethyl adjacent to an activating group) is 1. The maximum absolute atomic E-state index is 12.5. The first-order chi connectivity index (χ1) is 12.6. The van der Waals surface area contributed by atoms with Crippen molar-refractivity contribution in [2.75, 3.05) is 12.4 Å². The van der Waals surface area contributed by atoms with Gasteiger partial charge in [-0.15, -0.1) is 0 Å². The van der Waals surface area contributed by atoms with Crippen molar-refractivity contribution in [3.63, 3.8) is 0 Å². The quantitative estimate of drug-likeness (QED) is 0.730. The van der Waals surface area contributed by atoms with Crippen LogP contribution in [0.3, 0.4) is 0 Å². The van der Waals surface area contributed by atoms with E-state index in [9.17, 15) is 9.59 Å². The fourth-order valence-corrected chi connectivity index (χ4v) is 2.79. The van der Waals surface area contributed by atoms with Crippen molar-refractivity contribution in [3.05, 3.63) is 65.2 Å². The molecule has 27 heavy (non-hydrogen) atoms. The Morgan fingerprint density at radius 2 is 1.59 bits per heavy atom. The second kappa shape index (κ2) is 8.35. The van der Waals surface area contributed by atoms with Gasteiger partial charge in [0.1, 0.15) is 6.54 Å². The van der Waals surface area contributed by atoms with Crippen molar-refractivity contribution in [1.82, 2.24) is 0 Å². The fraction of sp³-hybridized carbons (Fsp3) is 0.364. The van der Waals surface area contributed by atoms with E-state index in [0.29, 0.717) is 11.3 Å². The van der Waals surface area contributed by atoms with Crippen LogP contribution in [0, 0.1) is 0 Å². The van der Waals surface area contributed by atoms with Crippen molar-refractivity contribution in [3.8, 4) is 0 Å². The molecule has 0 heterocycles. The van der Waals surface area contributed by atoms with Gasteiger partial charge in [0, 0.05) is 16.8 Å². The molecular weight excluding hydrogens is 338 g/mol. The van der Waals surface area contributed by atoms with E-state index < -0.39 is 5.91 Å². The maximum atomic E-state index is 12.5. The highest BCUT2D eigenvalue weighted by Gasteiger charge is 2.22. The molecule has 0 radical (unpaired) electrons. The van der Waals surface area contributed by atoms with Gasteiger partial charge in [0.2, 0.25) is 5.91 Å². The number of quaternary nitrogens is 1. The molecule has 0 aliphatic heterocycles. The third-order valence-electron chi connectivity index (χ3n) is 4.87. The predicted octanol–water partition coefficient (Wildman–Crippen LogP) is 2.12. The minimum absolute atomic E-state index is 0.0642. The third-order valence-corrected chi connectivity index (χ3v) is 4.87. The topological polar surface area (TPSA) is 76.6 Å². The number of nitrogens with two attached hydrogens (primary N) is 1. The molecule has 0 saturated carbocycles. The highest BCUT2D eigenvalue weighted by atomic mass is 16.2. The lowest BCUT2D eigenvalue weighted by Gasteiger charge is -2.22. The number of hydrogen-bond acceptors (Lipinski definition) is 2. The molecule has 0 aliphatic rings. The molecule has 2 rings (SSSR count). The van der Waals surface area contributed by atoms with Gasteiger partial charge in [-0.3, -0.25) is 9.59 Å². The van der Waals surface area contributed by atoms with E-state index in [1.165, 1.54) is 11.1 Å². The minimum Gasteiger partial charge on any atom is -0.366 e. The van der Waals surface area contributed by atoms with Crippen LogP contribution >= 0.6 is 0 Å². The first-order valence-electron chi connectivity index (χ1n) is 9.20. The molecule has 0 aliphatic carbocycles. The minimum atomic E-state index is -0.483. The van der Waals surface area contributed by atoms with Crippen LogP contribution in [-0.2, 0) is 16.8 Å². The van der Waals surface area contributed by atoms with E-state index in [4.69, 9.17) is 5.73 Å². The lowest BCUT2D eigenvalue weighted by Crippen LogP contribution is -3.12. The van der Waals surface area contributed by atoms with Crippen LogP contribution in [0.25, 0.3) is 0 Å². The molecule has 0 aromatic heterocycles. The standard InChI is InChI=1S/C22H29N3O2/c1-15(21(27)24-19-12-8-17(9-13-19)20(23)26)25(5)14-16-6-10-18(11-7-16)22(2,3)4/h6-13,15H,14H2,1-5H3,(H2,23,26)(H,24,27)/p+1/t15-/m0/s1. The maximum Gasteiger partial charge on any atom is 0.282 e. The van der Waals surface area contributed by atoms with Gasteiger partial charge in [-0.05, 0) is 42.2 Å². The molecule has 2 aromatic carbocycles. The summed E-state index contributed by atoms with van der Waals surface area (Å²) in [5.74, 6) is -0.548. The van der Waals surface area contributed by atoms with Crippen LogP contribution in [0.1, 0.15) is 49.2 Å². The molecule has 0 spiro atoms. The molecular formula is C22H30N3O2+. The second-order valence-electron chi connectivity index (χ2n) is 8.12. The first-order valence-corrected chi connectivity index (χ1v) is 9.20. The molecule has 0 fully saturated rings. The Kier molecular flexibility index (Phi) is 6.39. The molecule has 2 atom stereocenters. The number of rotatable bonds is 6. The zero-order chi connectivity index (χ0) is 20.2. The lowest BCUT2D eigenvalue weighted by molar-refractivity contribution is -0.907. The van der Waals surface area contributed by atoms with Crippen LogP contribution in [0.15, 0.2) is 48.5 Å². The van der Waals surface area contributed by atoms with Gasteiger partial charge in [0.25, 0.3) is 5.91 Å². The van der Waals surface area contributed by atoms with Crippen LogP contribution in [0.5, 0.6) is 0 Å². The molecule has 5 nitrogen and oxygen atoms in total. The van der Waals surface area contributed by atoms with Crippen LogP contribution in [-0.4, -0.2) is 24.9 Å². The van der Waals surface area contributed by atoms with E-state index in [-0.39, 0.29) is 17.4 Å². The van der Waals surface area contributed by atoms with Crippen LogP contribution in [0.4, 0.5) is 5.69 Å². The Morgan fingerprint density at radius 1 is 1.04 bits per heavy atom. The average Bonchev–Trinajstić information content (AvgIpc) is 2.61. The number of benzene rings is 2. The first kappa shape index (κ1) is 20.6. The smallest absolute Gasteiger partial charge is 0.282 e. The number of carbonyl (C=O) groups is 2. The predicted molar refractivity (Wildman–Crippen MR) is 109 cm³/mol. The van der Waals surface area contributed by atoms with Gasteiger partial charge in [-0.1, -0.05) is 45.0 Å². The summed E-state index contributed by atoms with van der Waals surface area (Å²) >= 11 is 0. The zero-order valence-corrected chi connectivity index (χ0v) is 16.8. The summed E-state index contributed by atoms with van der Waals surface area (Å²) in [7, 11) is 2.01. The van der Waals surface area contributed by atoms with Crippen LogP contribution in [0.2, 0.25) is 0 Å².